The molecule has 3 rings (SSSR count). The Balaban J connectivity index is 2.06. The summed E-state index contributed by atoms with van der Waals surface area (Å²) in [5.74, 6) is 2.79. The number of aryl methyl sites for hydroxylation is 1. The molecule has 0 radical (unpaired) electrons. The lowest BCUT2D eigenvalue weighted by atomic mass is 10.2. The Labute approximate surface area is 172 Å². The predicted molar refractivity (Wildman–Crippen MR) is 116 cm³/mol. The molecule has 142 valence electrons. The summed E-state index contributed by atoms with van der Waals surface area (Å²) < 4.78 is 11.2. The average Bonchev–Trinajstić information content (AvgIpc) is 3.28. The molecule has 0 unspecified atom stereocenters. The molecule has 0 aliphatic heterocycles. The van der Waals surface area contributed by atoms with E-state index in [9.17, 15) is 4.79 Å². The lowest BCUT2D eigenvalue weighted by Gasteiger charge is -2.26. The first kappa shape index (κ1) is 19.9. The number of aromatic nitrogens is 1. The van der Waals surface area contributed by atoms with Gasteiger partial charge in [0.2, 0.25) is 0 Å². The maximum atomic E-state index is 13.0. The predicted octanol–water partition coefficient (Wildman–Crippen LogP) is 6.29. The number of amides is 1. The van der Waals surface area contributed by atoms with Crippen molar-refractivity contribution in [3.63, 3.8) is 0 Å². The van der Waals surface area contributed by atoms with Gasteiger partial charge in [-0.2, -0.15) is 4.37 Å². The molecule has 1 amide bonds. The fraction of sp³-hybridized carbons (Fsp3) is 0.400. The van der Waals surface area contributed by atoms with Crippen LogP contribution in [0.1, 0.15) is 49.4 Å². The van der Waals surface area contributed by atoms with Gasteiger partial charge in [0.05, 0.1) is 16.8 Å². The molecule has 0 fully saturated rings. The first-order valence-electron chi connectivity index (χ1n) is 8.74. The van der Waals surface area contributed by atoms with Crippen LogP contribution >= 0.6 is 34.2 Å². The number of terminal acetylenes is 1. The Bertz CT molecular complexity index is 972. The summed E-state index contributed by atoms with van der Waals surface area (Å²) in [5, 5.41) is 2.81. The summed E-state index contributed by atoms with van der Waals surface area (Å²) in [6.07, 6.45) is 7.31. The smallest absolute Gasteiger partial charge is 0.415 e. The third-order valence-corrected chi connectivity index (χ3v) is 6.86. The molecule has 3 heterocycles. The second kappa shape index (κ2) is 8.01. The minimum Gasteiger partial charge on any atom is -0.443 e. The first-order chi connectivity index (χ1) is 12.8. The summed E-state index contributed by atoms with van der Waals surface area (Å²) in [6, 6.07) is 4.00. The highest BCUT2D eigenvalue weighted by Gasteiger charge is 2.28. The van der Waals surface area contributed by atoms with Gasteiger partial charge in [0.25, 0.3) is 0 Å². The summed E-state index contributed by atoms with van der Waals surface area (Å²) in [6.45, 7) is 8.20. The van der Waals surface area contributed by atoms with Crippen LogP contribution in [-0.4, -0.2) is 16.1 Å². The van der Waals surface area contributed by atoms with E-state index in [1.165, 1.54) is 11.5 Å². The van der Waals surface area contributed by atoms with Crippen LogP contribution in [0.25, 0.3) is 10.2 Å². The number of hydrogen-bond donors (Lipinski definition) is 0. The number of anilines is 1. The fourth-order valence-corrected chi connectivity index (χ4v) is 5.67. The number of carbonyl (C=O) groups is 1. The highest BCUT2D eigenvalue weighted by molar-refractivity contribution is 7.25. The Kier molecular flexibility index (Phi) is 5.89. The molecule has 4 nitrogen and oxygen atoms in total. The summed E-state index contributed by atoms with van der Waals surface area (Å²) >= 11 is 4.56. The molecule has 0 saturated heterocycles. The second-order valence-electron chi connectivity index (χ2n) is 7.11. The van der Waals surface area contributed by atoms with Crippen molar-refractivity contribution in [3.8, 4) is 12.3 Å². The Morgan fingerprint density at radius 2 is 2.19 bits per heavy atom. The lowest BCUT2D eigenvalue weighted by Crippen LogP contribution is -2.36. The van der Waals surface area contributed by atoms with Crippen molar-refractivity contribution in [1.82, 2.24) is 4.37 Å². The van der Waals surface area contributed by atoms with Gasteiger partial charge in [-0.05, 0) is 50.2 Å². The van der Waals surface area contributed by atoms with E-state index in [4.69, 9.17) is 11.2 Å². The van der Waals surface area contributed by atoms with Gasteiger partial charge in [0.15, 0.2) is 0 Å². The maximum Gasteiger partial charge on any atom is 0.415 e. The van der Waals surface area contributed by atoms with E-state index in [0.717, 1.165) is 43.4 Å². The van der Waals surface area contributed by atoms with E-state index in [1.807, 2.05) is 38.3 Å². The highest BCUT2D eigenvalue weighted by Crippen LogP contribution is 2.42. The largest absolute Gasteiger partial charge is 0.443 e. The summed E-state index contributed by atoms with van der Waals surface area (Å²) in [7, 11) is 0. The van der Waals surface area contributed by atoms with Gasteiger partial charge in [0.1, 0.15) is 16.1 Å². The number of thiophene rings is 2. The minimum absolute atomic E-state index is 0.367. The van der Waals surface area contributed by atoms with E-state index in [-0.39, 0.29) is 6.09 Å². The first-order valence-corrected chi connectivity index (χ1v) is 11.2. The van der Waals surface area contributed by atoms with Crippen LogP contribution < -0.4 is 4.90 Å². The molecule has 27 heavy (non-hydrogen) atoms. The van der Waals surface area contributed by atoms with Crippen molar-refractivity contribution in [2.24, 2.45) is 0 Å². The van der Waals surface area contributed by atoms with Crippen LogP contribution in [0, 0.1) is 12.3 Å². The molecule has 0 saturated carbocycles. The standard InChI is InChI=1S/C20H22N2O2S3/c1-6-9-15-14(7-2)16-17(26-15)18(27-21-16)22(12-13-10-8-11-25-13)19(23)24-20(3,4)5/h2,8,10-11H,6,9,12H2,1,3-5H3. The quantitative estimate of drug-likeness (QED) is 0.457. The zero-order valence-corrected chi connectivity index (χ0v) is 18.3. The zero-order chi connectivity index (χ0) is 19.6. The normalized spacial score (nSPS) is 11.5. The molecule has 0 bridgehead atoms. The molecule has 0 atom stereocenters. The van der Waals surface area contributed by atoms with E-state index < -0.39 is 5.60 Å². The number of carbonyl (C=O) groups excluding carboxylic acids is 1. The van der Waals surface area contributed by atoms with Crippen molar-refractivity contribution in [2.45, 2.75) is 52.7 Å². The van der Waals surface area contributed by atoms with Crippen LogP contribution in [0.5, 0.6) is 0 Å². The molecule has 3 aromatic heterocycles. The number of ether oxygens (including phenoxy) is 1. The van der Waals surface area contributed by atoms with Crippen LogP contribution in [0.2, 0.25) is 0 Å². The van der Waals surface area contributed by atoms with Gasteiger partial charge >= 0.3 is 6.09 Å². The Morgan fingerprint density at radius 3 is 2.78 bits per heavy atom. The van der Waals surface area contributed by atoms with Crippen LogP contribution in [0.3, 0.4) is 0 Å². The monoisotopic (exact) mass is 418 g/mol. The zero-order valence-electron chi connectivity index (χ0n) is 15.9. The molecule has 3 aromatic rings. The van der Waals surface area contributed by atoms with Crippen molar-refractivity contribution >= 4 is 55.5 Å². The molecule has 0 N–H and O–H groups in total. The molecular formula is C20H22N2O2S3. The second-order valence-corrected chi connectivity index (χ2v) is 10.00. The molecule has 7 heteroatoms. The molecule has 0 aromatic carbocycles. The van der Waals surface area contributed by atoms with Crippen molar-refractivity contribution in [3.05, 3.63) is 32.8 Å². The highest BCUT2D eigenvalue weighted by atomic mass is 32.1. The number of rotatable bonds is 5. The van der Waals surface area contributed by atoms with Crippen molar-refractivity contribution < 1.29 is 9.53 Å². The third-order valence-electron chi connectivity index (χ3n) is 3.75. The van der Waals surface area contributed by atoms with Gasteiger partial charge in [-0.25, -0.2) is 4.79 Å². The number of nitrogens with zero attached hydrogens (tertiary/aromatic N) is 2. The Morgan fingerprint density at radius 1 is 1.41 bits per heavy atom. The molecule has 0 aliphatic carbocycles. The lowest BCUT2D eigenvalue weighted by molar-refractivity contribution is 0.0579. The van der Waals surface area contributed by atoms with E-state index in [2.05, 4.69) is 17.2 Å². The van der Waals surface area contributed by atoms with Gasteiger partial charge < -0.3 is 4.74 Å². The van der Waals surface area contributed by atoms with Gasteiger partial charge in [0, 0.05) is 9.75 Å². The Hall–Kier alpha value is -1.88. The van der Waals surface area contributed by atoms with Crippen LogP contribution in [0.15, 0.2) is 17.5 Å². The van der Waals surface area contributed by atoms with Crippen LogP contribution in [-0.2, 0) is 17.7 Å². The third kappa shape index (κ3) is 4.34. The fourth-order valence-electron chi connectivity index (χ4n) is 2.65. The van der Waals surface area contributed by atoms with Gasteiger partial charge in [-0.1, -0.05) is 25.3 Å². The molecule has 0 aliphatic rings. The van der Waals surface area contributed by atoms with E-state index in [1.54, 1.807) is 27.6 Å². The SMILES string of the molecule is C#Cc1c(CCC)sc2c(N(Cc3cccs3)C(=O)OC(C)(C)C)snc12. The summed E-state index contributed by atoms with van der Waals surface area (Å²) in [4.78, 5) is 16.9. The molecular weight excluding hydrogens is 396 g/mol. The van der Waals surface area contributed by atoms with Crippen molar-refractivity contribution in [2.75, 3.05) is 4.90 Å². The minimum atomic E-state index is -0.568. The van der Waals surface area contributed by atoms with Gasteiger partial charge in [-0.15, -0.1) is 29.1 Å². The number of hydrogen-bond acceptors (Lipinski definition) is 6. The molecule has 0 spiro atoms. The van der Waals surface area contributed by atoms with Crippen LogP contribution in [0.4, 0.5) is 9.80 Å². The van der Waals surface area contributed by atoms with E-state index >= 15 is 0 Å². The topological polar surface area (TPSA) is 42.4 Å². The number of fused-ring (bicyclic) bond motifs is 1. The summed E-state index contributed by atoms with van der Waals surface area (Å²) in [5.41, 5.74) is 1.12. The van der Waals surface area contributed by atoms with E-state index in [0.29, 0.717) is 6.54 Å². The van der Waals surface area contributed by atoms with Gasteiger partial charge in [-0.3, -0.25) is 4.90 Å². The maximum absolute atomic E-state index is 13.0. The van der Waals surface area contributed by atoms with Crippen molar-refractivity contribution in [1.29, 1.82) is 0 Å². The average molecular weight is 419 g/mol.